The molecule has 0 saturated heterocycles. The number of aldehydes is 1. The van der Waals surface area contributed by atoms with Crippen LogP contribution in [0, 0.1) is 10.5 Å². The molecule has 0 aliphatic heterocycles. The van der Waals surface area contributed by atoms with Crippen LogP contribution >= 0.6 is 22.6 Å². The Kier molecular flexibility index (Phi) is 3.72. The van der Waals surface area contributed by atoms with Gasteiger partial charge in [0.05, 0.1) is 0 Å². The van der Waals surface area contributed by atoms with E-state index in [-0.39, 0.29) is 0 Å². The maximum Gasteiger partial charge on any atom is 0.120 e. The molecule has 0 fully saturated rings. The van der Waals surface area contributed by atoms with Gasteiger partial charge in [-0.3, -0.25) is 0 Å². The van der Waals surface area contributed by atoms with Gasteiger partial charge < -0.3 is 4.79 Å². The SMILES string of the molecule is Cc1cc(I)ccc1CCC=O. The zero-order chi connectivity index (χ0) is 8.97. The lowest BCUT2D eigenvalue weighted by molar-refractivity contribution is -0.107. The molecular formula is C10H11IO. The Morgan fingerprint density at radius 3 is 2.83 bits per heavy atom. The summed E-state index contributed by atoms with van der Waals surface area (Å²) in [5, 5.41) is 0. The largest absolute Gasteiger partial charge is 0.303 e. The van der Waals surface area contributed by atoms with E-state index in [0.29, 0.717) is 6.42 Å². The van der Waals surface area contributed by atoms with E-state index >= 15 is 0 Å². The van der Waals surface area contributed by atoms with Crippen molar-refractivity contribution in [2.75, 3.05) is 0 Å². The Morgan fingerprint density at radius 2 is 2.25 bits per heavy atom. The zero-order valence-electron chi connectivity index (χ0n) is 7.01. The molecule has 1 aromatic carbocycles. The highest BCUT2D eigenvalue weighted by atomic mass is 127. The van der Waals surface area contributed by atoms with Crippen LogP contribution in [-0.2, 0) is 11.2 Å². The summed E-state index contributed by atoms with van der Waals surface area (Å²) in [5.74, 6) is 0. The van der Waals surface area contributed by atoms with Crippen molar-refractivity contribution in [2.24, 2.45) is 0 Å². The molecule has 1 nitrogen and oxygen atoms in total. The summed E-state index contributed by atoms with van der Waals surface area (Å²) in [6.45, 7) is 2.09. The molecule has 0 saturated carbocycles. The van der Waals surface area contributed by atoms with Crippen molar-refractivity contribution in [3.8, 4) is 0 Å². The fourth-order valence-electron chi connectivity index (χ4n) is 1.15. The second kappa shape index (κ2) is 4.60. The van der Waals surface area contributed by atoms with E-state index in [2.05, 4.69) is 47.7 Å². The van der Waals surface area contributed by atoms with Crippen molar-refractivity contribution in [1.82, 2.24) is 0 Å². The van der Waals surface area contributed by atoms with Crippen LogP contribution in [0.4, 0.5) is 0 Å². The first-order valence-corrected chi connectivity index (χ1v) is 5.00. The van der Waals surface area contributed by atoms with Crippen molar-refractivity contribution >= 4 is 28.9 Å². The van der Waals surface area contributed by atoms with Gasteiger partial charge >= 0.3 is 0 Å². The number of carbonyl (C=O) groups excluding carboxylic acids is 1. The Hall–Kier alpha value is -0.380. The van der Waals surface area contributed by atoms with Crippen LogP contribution in [0.5, 0.6) is 0 Å². The lowest BCUT2D eigenvalue weighted by Gasteiger charge is -2.03. The molecule has 0 amide bonds. The number of rotatable bonds is 3. The molecule has 0 aromatic heterocycles. The highest BCUT2D eigenvalue weighted by Crippen LogP contribution is 2.13. The number of aryl methyl sites for hydroxylation is 2. The maximum absolute atomic E-state index is 10.2. The van der Waals surface area contributed by atoms with Gasteiger partial charge in [-0.05, 0) is 59.2 Å². The molecule has 2 heteroatoms. The summed E-state index contributed by atoms with van der Waals surface area (Å²) in [7, 11) is 0. The molecule has 12 heavy (non-hydrogen) atoms. The van der Waals surface area contributed by atoms with Gasteiger partial charge in [0.15, 0.2) is 0 Å². The Balaban J connectivity index is 2.78. The molecule has 0 aliphatic carbocycles. The van der Waals surface area contributed by atoms with Crippen molar-refractivity contribution in [3.05, 3.63) is 32.9 Å². The summed E-state index contributed by atoms with van der Waals surface area (Å²) in [6.07, 6.45) is 2.46. The normalized spacial score (nSPS) is 9.83. The van der Waals surface area contributed by atoms with E-state index in [1.54, 1.807) is 0 Å². The predicted molar refractivity (Wildman–Crippen MR) is 58.3 cm³/mol. The first kappa shape index (κ1) is 9.71. The van der Waals surface area contributed by atoms with Crippen LogP contribution in [0.25, 0.3) is 0 Å². The molecule has 0 atom stereocenters. The van der Waals surface area contributed by atoms with Gasteiger partial charge in [0.25, 0.3) is 0 Å². The standard InChI is InChI=1S/C10H11IO/c1-8-7-10(11)5-4-9(8)3-2-6-12/h4-7H,2-3H2,1H3. The second-order valence-electron chi connectivity index (χ2n) is 2.78. The van der Waals surface area contributed by atoms with E-state index < -0.39 is 0 Å². The average molecular weight is 274 g/mol. The minimum absolute atomic E-state index is 0.626. The topological polar surface area (TPSA) is 17.1 Å². The summed E-state index contributed by atoms with van der Waals surface area (Å²) < 4.78 is 1.25. The number of hydrogen-bond acceptors (Lipinski definition) is 1. The third-order valence-corrected chi connectivity index (χ3v) is 2.51. The van der Waals surface area contributed by atoms with Crippen molar-refractivity contribution < 1.29 is 4.79 Å². The monoisotopic (exact) mass is 274 g/mol. The fraction of sp³-hybridized carbons (Fsp3) is 0.300. The smallest absolute Gasteiger partial charge is 0.120 e. The third-order valence-electron chi connectivity index (χ3n) is 1.84. The quantitative estimate of drug-likeness (QED) is 0.612. The van der Waals surface area contributed by atoms with E-state index in [0.717, 1.165) is 12.7 Å². The molecule has 0 unspecified atom stereocenters. The van der Waals surface area contributed by atoms with Crippen LogP contribution in [-0.4, -0.2) is 6.29 Å². The molecular weight excluding hydrogens is 263 g/mol. The van der Waals surface area contributed by atoms with Crippen LogP contribution in [0.3, 0.4) is 0 Å². The van der Waals surface area contributed by atoms with Crippen LogP contribution in [0.15, 0.2) is 18.2 Å². The lowest BCUT2D eigenvalue weighted by atomic mass is 10.0. The molecule has 0 bridgehead atoms. The van der Waals surface area contributed by atoms with Crippen LogP contribution in [0.1, 0.15) is 17.5 Å². The molecule has 0 radical (unpaired) electrons. The Labute approximate surface area is 86.3 Å². The minimum atomic E-state index is 0.626. The molecule has 1 rings (SSSR count). The summed E-state index contributed by atoms with van der Waals surface area (Å²) in [6, 6.07) is 6.31. The number of carbonyl (C=O) groups is 1. The van der Waals surface area contributed by atoms with Crippen LogP contribution in [0.2, 0.25) is 0 Å². The lowest BCUT2D eigenvalue weighted by Crippen LogP contribution is -1.90. The van der Waals surface area contributed by atoms with Crippen molar-refractivity contribution in [3.63, 3.8) is 0 Å². The van der Waals surface area contributed by atoms with Crippen molar-refractivity contribution in [2.45, 2.75) is 19.8 Å². The average Bonchev–Trinajstić information content (AvgIpc) is 2.03. The molecule has 0 spiro atoms. The zero-order valence-corrected chi connectivity index (χ0v) is 9.17. The molecule has 1 aromatic rings. The number of hydrogen-bond donors (Lipinski definition) is 0. The van der Waals surface area contributed by atoms with Gasteiger partial charge in [0.2, 0.25) is 0 Å². The van der Waals surface area contributed by atoms with Crippen LogP contribution < -0.4 is 0 Å². The minimum Gasteiger partial charge on any atom is -0.303 e. The van der Waals surface area contributed by atoms with E-state index in [9.17, 15) is 4.79 Å². The summed E-state index contributed by atoms with van der Waals surface area (Å²) in [5.41, 5.74) is 2.56. The van der Waals surface area contributed by atoms with Gasteiger partial charge in [0.1, 0.15) is 6.29 Å². The second-order valence-corrected chi connectivity index (χ2v) is 4.02. The number of benzene rings is 1. The fourth-order valence-corrected chi connectivity index (χ4v) is 1.80. The summed E-state index contributed by atoms with van der Waals surface area (Å²) >= 11 is 2.29. The predicted octanol–water partition coefficient (Wildman–Crippen LogP) is 2.73. The van der Waals surface area contributed by atoms with Gasteiger partial charge in [-0.25, -0.2) is 0 Å². The molecule has 0 heterocycles. The Morgan fingerprint density at radius 1 is 1.50 bits per heavy atom. The van der Waals surface area contributed by atoms with E-state index in [1.165, 1.54) is 14.7 Å². The molecule has 0 N–H and O–H groups in total. The molecule has 64 valence electrons. The first-order valence-electron chi connectivity index (χ1n) is 3.92. The highest BCUT2D eigenvalue weighted by Gasteiger charge is 1.97. The van der Waals surface area contributed by atoms with Gasteiger partial charge in [-0.15, -0.1) is 0 Å². The van der Waals surface area contributed by atoms with Gasteiger partial charge in [0, 0.05) is 9.99 Å². The van der Waals surface area contributed by atoms with Gasteiger partial charge in [-0.1, -0.05) is 6.07 Å². The van der Waals surface area contributed by atoms with Crippen molar-refractivity contribution in [1.29, 1.82) is 0 Å². The number of halogens is 1. The van der Waals surface area contributed by atoms with E-state index in [1.807, 2.05) is 0 Å². The Bertz CT molecular complexity index is 281. The van der Waals surface area contributed by atoms with E-state index in [4.69, 9.17) is 0 Å². The molecule has 0 aliphatic rings. The highest BCUT2D eigenvalue weighted by molar-refractivity contribution is 14.1. The van der Waals surface area contributed by atoms with Gasteiger partial charge in [-0.2, -0.15) is 0 Å². The summed E-state index contributed by atoms with van der Waals surface area (Å²) in [4.78, 5) is 10.2. The third kappa shape index (κ3) is 2.59. The maximum atomic E-state index is 10.2. The first-order chi connectivity index (χ1) is 5.74.